The van der Waals surface area contributed by atoms with Gasteiger partial charge in [0.25, 0.3) is 5.91 Å². The van der Waals surface area contributed by atoms with Crippen LogP contribution in [0.1, 0.15) is 53.7 Å². The number of hydrogen-bond acceptors (Lipinski definition) is 3. The molecule has 0 unspecified atom stereocenters. The first-order chi connectivity index (χ1) is 16.9. The van der Waals surface area contributed by atoms with Crippen molar-refractivity contribution in [1.29, 1.82) is 0 Å². The highest BCUT2D eigenvalue weighted by atomic mass is 16.6. The maximum absolute atomic E-state index is 13.2. The highest BCUT2D eigenvalue weighted by molar-refractivity contribution is 6.06. The van der Waals surface area contributed by atoms with E-state index >= 15 is 0 Å². The Morgan fingerprint density at radius 1 is 1.00 bits per heavy atom. The van der Waals surface area contributed by atoms with Gasteiger partial charge in [0.1, 0.15) is 0 Å². The molecule has 5 rings (SSSR count). The highest BCUT2D eigenvalue weighted by Gasteiger charge is 2.18. The van der Waals surface area contributed by atoms with E-state index in [9.17, 15) is 4.79 Å². The summed E-state index contributed by atoms with van der Waals surface area (Å²) in [5, 5.41) is 19.4. The van der Waals surface area contributed by atoms with Crippen LogP contribution < -0.4 is 5.32 Å². The summed E-state index contributed by atoms with van der Waals surface area (Å²) in [6, 6.07) is 18.6. The molecule has 2 aromatic heterocycles. The number of rotatable bonds is 5. The fraction of sp³-hybridized carbons (Fsp3) is 0.321. The Balaban J connectivity index is 0.000000672. The predicted molar refractivity (Wildman–Crippen MR) is 137 cm³/mol. The molecule has 7 heteroatoms. The van der Waals surface area contributed by atoms with Crippen LogP contribution in [0, 0.1) is 12.8 Å². The van der Waals surface area contributed by atoms with Crippen molar-refractivity contribution in [2.75, 3.05) is 6.54 Å². The lowest BCUT2D eigenvalue weighted by Crippen LogP contribution is -2.30. The second kappa shape index (κ2) is 11.0. The van der Waals surface area contributed by atoms with Crippen LogP contribution in [-0.2, 0) is 6.54 Å². The fourth-order valence-corrected chi connectivity index (χ4v) is 4.90. The molecule has 2 aromatic carbocycles. The molecule has 0 bridgehead atoms. The average molecular weight is 474 g/mol. The predicted octanol–water partition coefficient (Wildman–Crippen LogP) is 6.08. The van der Waals surface area contributed by atoms with Crippen LogP contribution in [0.3, 0.4) is 0 Å². The van der Waals surface area contributed by atoms with Crippen molar-refractivity contribution in [3.05, 3.63) is 77.6 Å². The lowest BCUT2D eigenvalue weighted by Gasteiger charge is -2.22. The summed E-state index contributed by atoms with van der Waals surface area (Å²) in [6.45, 7) is 3.47. The minimum atomic E-state index is -1.83. The van der Waals surface area contributed by atoms with E-state index in [1.165, 1.54) is 32.1 Å². The zero-order chi connectivity index (χ0) is 24.8. The van der Waals surface area contributed by atoms with E-state index in [0.29, 0.717) is 12.5 Å². The van der Waals surface area contributed by atoms with Gasteiger partial charge in [0.05, 0.1) is 28.8 Å². The molecule has 1 fully saturated rings. The second-order valence-electron chi connectivity index (χ2n) is 9.19. The van der Waals surface area contributed by atoms with Gasteiger partial charge in [-0.15, -0.1) is 0 Å². The van der Waals surface area contributed by atoms with Crippen LogP contribution in [0.2, 0.25) is 0 Å². The Bertz CT molecular complexity index is 1330. The van der Waals surface area contributed by atoms with Crippen LogP contribution in [0.5, 0.6) is 0 Å². The van der Waals surface area contributed by atoms with Gasteiger partial charge in [-0.1, -0.05) is 43.5 Å². The van der Waals surface area contributed by atoms with E-state index in [0.717, 1.165) is 45.2 Å². The quantitative estimate of drug-likeness (QED) is 0.326. The molecule has 4 aromatic rings. The van der Waals surface area contributed by atoms with Crippen molar-refractivity contribution < 1.29 is 19.8 Å². The number of nitrogens with one attached hydrogen (secondary N) is 1. The zero-order valence-corrected chi connectivity index (χ0v) is 19.9. The number of aryl methyl sites for hydroxylation is 1. The summed E-state index contributed by atoms with van der Waals surface area (Å²) < 4.78 is 2.15. The average Bonchev–Trinajstić information content (AvgIpc) is 3.24. The van der Waals surface area contributed by atoms with Gasteiger partial charge >= 0.3 is 6.16 Å². The Hall–Kier alpha value is -3.87. The third-order valence-electron chi connectivity index (χ3n) is 6.51. The van der Waals surface area contributed by atoms with Gasteiger partial charge in [-0.25, -0.2) is 4.79 Å². The second-order valence-corrected chi connectivity index (χ2v) is 9.19. The summed E-state index contributed by atoms with van der Waals surface area (Å²) in [6.07, 6.45) is 6.60. The molecule has 1 saturated carbocycles. The minimum Gasteiger partial charge on any atom is -0.450 e. The number of carbonyl (C=O) groups excluding carboxylic acids is 1. The first kappa shape index (κ1) is 24.3. The van der Waals surface area contributed by atoms with E-state index in [1.807, 2.05) is 24.3 Å². The molecule has 3 N–H and O–H groups in total. The number of carbonyl (C=O) groups is 2. The van der Waals surface area contributed by atoms with Crippen LogP contribution in [-0.4, -0.2) is 38.4 Å². The van der Waals surface area contributed by atoms with Gasteiger partial charge < -0.3 is 20.1 Å². The van der Waals surface area contributed by atoms with Crippen LogP contribution in [0.25, 0.3) is 21.8 Å². The van der Waals surface area contributed by atoms with E-state index in [2.05, 4.69) is 53.3 Å². The zero-order valence-electron chi connectivity index (χ0n) is 19.9. The van der Waals surface area contributed by atoms with E-state index in [-0.39, 0.29) is 5.91 Å². The smallest absolute Gasteiger partial charge is 0.450 e. The maximum atomic E-state index is 13.2. The summed E-state index contributed by atoms with van der Waals surface area (Å²) in [7, 11) is 0. The van der Waals surface area contributed by atoms with Crippen LogP contribution in [0.4, 0.5) is 4.79 Å². The molecular formula is C28H31N3O4. The molecule has 1 amide bonds. The third-order valence-corrected chi connectivity index (χ3v) is 6.51. The molecule has 0 saturated heterocycles. The van der Waals surface area contributed by atoms with Gasteiger partial charge in [0.2, 0.25) is 0 Å². The largest absolute Gasteiger partial charge is 0.503 e. The minimum absolute atomic E-state index is 0.0331. The van der Waals surface area contributed by atoms with Gasteiger partial charge in [0.15, 0.2) is 0 Å². The van der Waals surface area contributed by atoms with Crippen molar-refractivity contribution in [3.63, 3.8) is 0 Å². The summed E-state index contributed by atoms with van der Waals surface area (Å²) >= 11 is 0. The molecule has 1 aliphatic rings. The lowest BCUT2D eigenvalue weighted by molar-refractivity contribution is 0.0944. The van der Waals surface area contributed by atoms with E-state index in [4.69, 9.17) is 20.0 Å². The van der Waals surface area contributed by atoms with Crippen molar-refractivity contribution in [2.24, 2.45) is 5.92 Å². The van der Waals surface area contributed by atoms with Crippen LogP contribution in [0.15, 0.2) is 60.8 Å². The van der Waals surface area contributed by atoms with Crippen molar-refractivity contribution in [3.8, 4) is 0 Å². The molecule has 0 radical (unpaired) electrons. The van der Waals surface area contributed by atoms with Gasteiger partial charge in [0, 0.05) is 23.5 Å². The maximum Gasteiger partial charge on any atom is 0.503 e. The van der Waals surface area contributed by atoms with E-state index in [1.54, 1.807) is 0 Å². The van der Waals surface area contributed by atoms with Gasteiger partial charge in [-0.2, -0.15) is 0 Å². The number of pyridine rings is 1. The number of nitrogens with zero attached hydrogens (tertiary/aromatic N) is 2. The molecular weight excluding hydrogens is 442 g/mol. The number of carboxylic acid groups (broad SMARTS) is 2. The number of benzene rings is 2. The van der Waals surface area contributed by atoms with Crippen molar-refractivity contribution in [1.82, 2.24) is 14.9 Å². The van der Waals surface area contributed by atoms with E-state index < -0.39 is 6.16 Å². The Morgan fingerprint density at radius 3 is 2.51 bits per heavy atom. The molecule has 0 aliphatic heterocycles. The van der Waals surface area contributed by atoms with Gasteiger partial charge in [-0.05, 0) is 61.6 Å². The molecule has 0 spiro atoms. The molecule has 7 nitrogen and oxygen atoms in total. The number of amides is 1. The monoisotopic (exact) mass is 473 g/mol. The summed E-state index contributed by atoms with van der Waals surface area (Å²) in [5.74, 6) is 0.650. The molecule has 2 heterocycles. The standard InChI is InChI=1S/C27H29N3O.CH2O3/c1-19-15-22-13-14-30(18-23-12-11-21-9-5-6-10-25(21)29-23)26(22)24(16-19)27(31)28-17-20-7-3-2-4-8-20;2-1(3)4/h5-6,9-16,20H,2-4,7-8,17-18H2,1H3,(H,28,31);(H2,2,3,4). The molecule has 1 aliphatic carbocycles. The number of hydrogen-bond donors (Lipinski definition) is 3. The van der Waals surface area contributed by atoms with Crippen LogP contribution >= 0.6 is 0 Å². The highest BCUT2D eigenvalue weighted by Crippen LogP contribution is 2.25. The molecule has 35 heavy (non-hydrogen) atoms. The normalized spacial score (nSPS) is 13.9. The number of fused-ring (bicyclic) bond motifs is 2. The third kappa shape index (κ3) is 6.18. The van der Waals surface area contributed by atoms with Gasteiger partial charge in [-0.3, -0.25) is 9.78 Å². The molecule has 0 atom stereocenters. The summed E-state index contributed by atoms with van der Waals surface area (Å²) in [4.78, 5) is 26.6. The fourth-order valence-electron chi connectivity index (χ4n) is 4.90. The number of para-hydroxylation sites is 1. The number of aromatic nitrogens is 2. The Labute approximate surface area is 204 Å². The topological polar surface area (TPSA) is 104 Å². The first-order valence-corrected chi connectivity index (χ1v) is 12.0. The van der Waals surface area contributed by atoms with Crippen molar-refractivity contribution in [2.45, 2.75) is 45.6 Å². The molecule has 182 valence electrons. The SMILES string of the molecule is Cc1cc(C(=O)NCC2CCCCC2)c2c(ccn2Cc2ccc3ccccc3n2)c1.O=C(O)O. The lowest BCUT2D eigenvalue weighted by atomic mass is 9.89. The Morgan fingerprint density at radius 2 is 1.74 bits per heavy atom. The summed E-state index contributed by atoms with van der Waals surface area (Å²) in [5.41, 5.74) is 4.85. The first-order valence-electron chi connectivity index (χ1n) is 12.0. The van der Waals surface area contributed by atoms with Crippen molar-refractivity contribution >= 4 is 33.9 Å². The Kier molecular flexibility index (Phi) is 7.65.